The Bertz CT molecular complexity index is 145. The Morgan fingerprint density at radius 1 is 1.07 bits per heavy atom. The molecule has 0 saturated heterocycles. The van der Waals surface area contributed by atoms with Crippen LogP contribution in [-0.4, -0.2) is 18.2 Å². The molecule has 0 aliphatic rings. The summed E-state index contributed by atoms with van der Waals surface area (Å²) in [7, 11) is 0. The Labute approximate surface area is 95.6 Å². The molecule has 2 N–H and O–H groups in total. The highest BCUT2D eigenvalue weighted by atomic mass is 16.5. The maximum atomic E-state index is 6.13. The van der Waals surface area contributed by atoms with Crippen molar-refractivity contribution in [2.75, 3.05) is 6.61 Å². The highest BCUT2D eigenvalue weighted by Crippen LogP contribution is 2.18. The largest absolute Gasteiger partial charge is 0.374 e. The summed E-state index contributed by atoms with van der Waals surface area (Å²) in [5.74, 6) is 0. The zero-order valence-electron chi connectivity index (χ0n) is 11.0. The molecular weight excluding hydrogens is 186 g/mol. The van der Waals surface area contributed by atoms with Gasteiger partial charge in [0.25, 0.3) is 0 Å². The summed E-state index contributed by atoms with van der Waals surface area (Å²) in [6, 6.07) is 0.166. The molecule has 0 spiro atoms. The van der Waals surface area contributed by atoms with Gasteiger partial charge in [0.1, 0.15) is 0 Å². The van der Waals surface area contributed by atoms with Crippen LogP contribution in [0.3, 0.4) is 0 Å². The fraction of sp³-hybridized carbons (Fsp3) is 1.00. The van der Waals surface area contributed by atoms with Gasteiger partial charge in [0.05, 0.1) is 5.60 Å². The summed E-state index contributed by atoms with van der Waals surface area (Å²) in [6.45, 7) is 9.19. The van der Waals surface area contributed by atoms with Crippen molar-refractivity contribution in [2.24, 2.45) is 5.73 Å². The summed E-state index contributed by atoms with van der Waals surface area (Å²) in [4.78, 5) is 0. The minimum atomic E-state index is -0.167. The monoisotopic (exact) mass is 215 g/mol. The summed E-state index contributed by atoms with van der Waals surface area (Å²) < 4.78 is 5.64. The van der Waals surface area contributed by atoms with E-state index in [0.29, 0.717) is 0 Å². The quantitative estimate of drug-likeness (QED) is 0.598. The van der Waals surface area contributed by atoms with Crippen molar-refractivity contribution in [2.45, 2.75) is 77.9 Å². The lowest BCUT2D eigenvalue weighted by molar-refractivity contribution is -0.0311. The maximum Gasteiger partial charge on any atom is 0.0776 e. The Hall–Kier alpha value is -0.0800. The summed E-state index contributed by atoms with van der Waals surface area (Å²) in [5.41, 5.74) is 5.96. The molecule has 0 aliphatic heterocycles. The zero-order chi connectivity index (χ0) is 11.7. The summed E-state index contributed by atoms with van der Waals surface area (Å²) in [6.07, 6.45) is 7.62. The first kappa shape index (κ1) is 14.9. The third-order valence-corrected chi connectivity index (χ3v) is 3.03. The smallest absolute Gasteiger partial charge is 0.0776 e. The molecule has 0 aromatic carbocycles. The van der Waals surface area contributed by atoms with Crippen LogP contribution in [0.2, 0.25) is 0 Å². The van der Waals surface area contributed by atoms with Crippen LogP contribution in [0.15, 0.2) is 0 Å². The lowest BCUT2D eigenvalue weighted by Gasteiger charge is -2.31. The predicted molar refractivity (Wildman–Crippen MR) is 67.1 cm³/mol. The molecule has 2 nitrogen and oxygen atoms in total. The van der Waals surface area contributed by atoms with Crippen molar-refractivity contribution in [3.8, 4) is 0 Å². The van der Waals surface area contributed by atoms with E-state index in [1.54, 1.807) is 0 Å². The second-order valence-electron chi connectivity index (χ2n) is 4.85. The molecule has 1 atom stereocenters. The molecule has 92 valence electrons. The van der Waals surface area contributed by atoms with Crippen LogP contribution in [-0.2, 0) is 4.74 Å². The van der Waals surface area contributed by atoms with Crippen LogP contribution >= 0.6 is 0 Å². The Morgan fingerprint density at radius 3 is 2.20 bits per heavy atom. The van der Waals surface area contributed by atoms with E-state index in [-0.39, 0.29) is 11.6 Å². The van der Waals surface area contributed by atoms with E-state index in [2.05, 4.69) is 20.8 Å². The molecule has 0 aliphatic carbocycles. The van der Waals surface area contributed by atoms with Crippen molar-refractivity contribution >= 4 is 0 Å². The molecule has 0 bridgehead atoms. The van der Waals surface area contributed by atoms with Crippen molar-refractivity contribution < 1.29 is 4.74 Å². The van der Waals surface area contributed by atoms with E-state index in [4.69, 9.17) is 10.5 Å². The van der Waals surface area contributed by atoms with E-state index >= 15 is 0 Å². The molecule has 0 aromatic rings. The Kier molecular flexibility index (Phi) is 8.07. The average Bonchev–Trinajstić information content (AvgIpc) is 2.17. The van der Waals surface area contributed by atoms with Crippen LogP contribution in [0.4, 0.5) is 0 Å². The van der Waals surface area contributed by atoms with E-state index in [0.717, 1.165) is 13.0 Å². The number of hydrogen-bond acceptors (Lipinski definition) is 2. The molecule has 0 rings (SSSR count). The minimum absolute atomic E-state index is 0.166. The van der Waals surface area contributed by atoms with E-state index in [1.165, 1.54) is 32.1 Å². The number of ether oxygens (including phenoxy) is 1. The number of nitrogens with two attached hydrogens (primary N) is 1. The number of hydrogen-bond donors (Lipinski definition) is 1. The van der Waals surface area contributed by atoms with Gasteiger partial charge in [-0.05, 0) is 27.2 Å². The third-order valence-electron chi connectivity index (χ3n) is 3.03. The topological polar surface area (TPSA) is 35.2 Å². The molecule has 15 heavy (non-hydrogen) atoms. The highest BCUT2D eigenvalue weighted by Gasteiger charge is 2.25. The molecule has 0 amide bonds. The van der Waals surface area contributed by atoms with Crippen LogP contribution in [0.1, 0.15) is 66.2 Å². The van der Waals surface area contributed by atoms with Gasteiger partial charge in [-0.1, -0.05) is 39.0 Å². The van der Waals surface area contributed by atoms with Gasteiger partial charge in [0.2, 0.25) is 0 Å². The lowest BCUT2D eigenvalue weighted by Crippen LogP contribution is -2.45. The number of unbranched alkanes of at least 4 members (excludes halogenated alkanes) is 4. The van der Waals surface area contributed by atoms with Gasteiger partial charge in [-0.3, -0.25) is 0 Å². The molecule has 0 heterocycles. The van der Waals surface area contributed by atoms with Crippen LogP contribution in [0.25, 0.3) is 0 Å². The first-order chi connectivity index (χ1) is 7.04. The second-order valence-corrected chi connectivity index (χ2v) is 4.85. The first-order valence-corrected chi connectivity index (χ1v) is 6.44. The molecular formula is C13H29NO. The van der Waals surface area contributed by atoms with Gasteiger partial charge in [-0.15, -0.1) is 0 Å². The van der Waals surface area contributed by atoms with Gasteiger partial charge in [0, 0.05) is 12.6 Å². The third kappa shape index (κ3) is 6.91. The van der Waals surface area contributed by atoms with E-state index in [1.807, 2.05) is 6.92 Å². The second kappa shape index (κ2) is 8.12. The fourth-order valence-corrected chi connectivity index (χ4v) is 1.79. The Balaban J connectivity index is 3.58. The Morgan fingerprint density at radius 2 is 1.67 bits per heavy atom. The van der Waals surface area contributed by atoms with Gasteiger partial charge in [-0.2, -0.15) is 0 Å². The molecule has 0 saturated carbocycles. The highest BCUT2D eigenvalue weighted by molar-refractivity contribution is 4.82. The predicted octanol–water partition coefficient (Wildman–Crippen LogP) is 3.49. The fourth-order valence-electron chi connectivity index (χ4n) is 1.79. The molecule has 1 unspecified atom stereocenters. The van der Waals surface area contributed by atoms with E-state index in [9.17, 15) is 0 Å². The number of rotatable bonds is 9. The lowest BCUT2D eigenvalue weighted by atomic mass is 9.94. The normalized spacial score (nSPS) is 14.2. The standard InChI is InChI=1S/C13H29NO/c1-5-7-8-9-10-11-12(14)13(3,4)15-6-2/h12H,5-11,14H2,1-4H3. The zero-order valence-corrected chi connectivity index (χ0v) is 11.0. The van der Waals surface area contributed by atoms with E-state index < -0.39 is 0 Å². The van der Waals surface area contributed by atoms with Gasteiger partial charge in [0.15, 0.2) is 0 Å². The van der Waals surface area contributed by atoms with Crippen molar-refractivity contribution in [1.29, 1.82) is 0 Å². The van der Waals surface area contributed by atoms with Crippen LogP contribution < -0.4 is 5.73 Å². The van der Waals surface area contributed by atoms with Crippen LogP contribution in [0.5, 0.6) is 0 Å². The maximum absolute atomic E-state index is 6.13. The van der Waals surface area contributed by atoms with Gasteiger partial charge >= 0.3 is 0 Å². The molecule has 0 radical (unpaired) electrons. The van der Waals surface area contributed by atoms with Crippen LogP contribution in [0, 0.1) is 0 Å². The average molecular weight is 215 g/mol. The molecule has 0 aromatic heterocycles. The van der Waals surface area contributed by atoms with Crippen molar-refractivity contribution in [3.05, 3.63) is 0 Å². The first-order valence-electron chi connectivity index (χ1n) is 6.44. The molecule has 2 heteroatoms. The summed E-state index contributed by atoms with van der Waals surface area (Å²) in [5, 5.41) is 0. The van der Waals surface area contributed by atoms with Gasteiger partial charge in [-0.25, -0.2) is 0 Å². The molecule has 0 fully saturated rings. The van der Waals surface area contributed by atoms with Crippen molar-refractivity contribution in [1.82, 2.24) is 0 Å². The van der Waals surface area contributed by atoms with Crippen molar-refractivity contribution in [3.63, 3.8) is 0 Å². The minimum Gasteiger partial charge on any atom is -0.374 e. The van der Waals surface area contributed by atoms with Gasteiger partial charge < -0.3 is 10.5 Å². The summed E-state index contributed by atoms with van der Waals surface area (Å²) >= 11 is 0. The SMILES string of the molecule is CCCCCCCC(N)C(C)(C)OCC.